The Morgan fingerprint density at radius 1 is 1.50 bits per heavy atom. The lowest BCUT2D eigenvalue weighted by Gasteiger charge is -2.29. The van der Waals surface area contributed by atoms with Crippen molar-refractivity contribution in [2.24, 2.45) is 0 Å². The van der Waals surface area contributed by atoms with Crippen molar-refractivity contribution in [1.82, 2.24) is 9.78 Å². The molecule has 0 radical (unpaired) electrons. The van der Waals surface area contributed by atoms with Crippen molar-refractivity contribution in [3.63, 3.8) is 0 Å². The molecule has 0 amide bonds. The average Bonchev–Trinajstić information content (AvgIpc) is 2.67. The molecule has 0 saturated heterocycles. The van der Waals surface area contributed by atoms with E-state index in [1.807, 2.05) is 12.1 Å². The molecule has 1 heterocycles. The minimum absolute atomic E-state index is 0.0670. The third-order valence-corrected chi connectivity index (χ3v) is 3.36. The first kappa shape index (κ1) is 10.8. The van der Waals surface area contributed by atoms with Crippen LogP contribution in [0.5, 0.6) is 0 Å². The third kappa shape index (κ3) is 1.64. The molecule has 0 bridgehead atoms. The zero-order valence-electron chi connectivity index (χ0n) is 9.71. The third-order valence-electron chi connectivity index (χ3n) is 3.36. The van der Waals surface area contributed by atoms with Crippen LogP contribution in [0.3, 0.4) is 0 Å². The topological polar surface area (TPSA) is 81.1 Å². The van der Waals surface area contributed by atoms with E-state index in [1.54, 1.807) is 10.9 Å². The summed E-state index contributed by atoms with van der Waals surface area (Å²) in [7, 11) is 0. The Bertz CT molecular complexity index is 618. The minimum Gasteiger partial charge on any atom is -0.476 e. The van der Waals surface area contributed by atoms with Crippen LogP contribution < -0.4 is 5.73 Å². The standard InChI is InChI=1S/C13H13N3O2/c14-11-7-16(15-12(11)13(17)18)6-9-5-8-3-1-2-4-10(8)9/h1-4,7,9H,5-6,14H2,(H,17,18). The molecule has 0 saturated carbocycles. The van der Waals surface area contributed by atoms with Gasteiger partial charge < -0.3 is 10.8 Å². The number of carboxylic acids is 1. The van der Waals surface area contributed by atoms with Crippen molar-refractivity contribution in [2.45, 2.75) is 18.9 Å². The van der Waals surface area contributed by atoms with E-state index in [9.17, 15) is 4.79 Å². The molecule has 5 nitrogen and oxygen atoms in total. The summed E-state index contributed by atoms with van der Waals surface area (Å²) in [6.07, 6.45) is 2.60. The van der Waals surface area contributed by atoms with Crippen LogP contribution in [0.15, 0.2) is 30.5 Å². The molecule has 1 aromatic carbocycles. The fourth-order valence-corrected chi connectivity index (χ4v) is 2.45. The number of carboxylic acid groups (broad SMARTS) is 1. The lowest BCUT2D eigenvalue weighted by atomic mass is 9.78. The van der Waals surface area contributed by atoms with Crippen LogP contribution in [0.1, 0.15) is 27.5 Å². The van der Waals surface area contributed by atoms with Crippen LogP contribution in [0.25, 0.3) is 0 Å². The quantitative estimate of drug-likeness (QED) is 0.856. The van der Waals surface area contributed by atoms with E-state index in [4.69, 9.17) is 10.8 Å². The number of benzene rings is 1. The van der Waals surface area contributed by atoms with E-state index in [-0.39, 0.29) is 11.4 Å². The molecule has 18 heavy (non-hydrogen) atoms. The maximum absolute atomic E-state index is 10.8. The number of carbonyl (C=O) groups is 1. The number of nitrogens with two attached hydrogens (primary N) is 1. The SMILES string of the molecule is Nc1cn(CC2Cc3ccccc32)nc1C(=O)O. The van der Waals surface area contributed by atoms with E-state index < -0.39 is 5.97 Å². The summed E-state index contributed by atoms with van der Waals surface area (Å²) in [6, 6.07) is 8.27. The summed E-state index contributed by atoms with van der Waals surface area (Å²) in [5.41, 5.74) is 8.44. The Balaban J connectivity index is 1.79. The molecule has 2 aromatic rings. The second kappa shape index (κ2) is 3.87. The number of fused-ring (bicyclic) bond motifs is 1. The highest BCUT2D eigenvalue weighted by Crippen LogP contribution is 2.35. The Morgan fingerprint density at radius 3 is 2.94 bits per heavy atom. The van der Waals surface area contributed by atoms with E-state index >= 15 is 0 Å². The molecule has 5 heteroatoms. The van der Waals surface area contributed by atoms with Crippen LogP contribution in [0.2, 0.25) is 0 Å². The fraction of sp³-hybridized carbons (Fsp3) is 0.231. The summed E-state index contributed by atoms with van der Waals surface area (Å²) < 4.78 is 1.62. The lowest BCUT2D eigenvalue weighted by Crippen LogP contribution is -2.22. The summed E-state index contributed by atoms with van der Waals surface area (Å²) in [4.78, 5) is 10.8. The van der Waals surface area contributed by atoms with Gasteiger partial charge in [-0.25, -0.2) is 4.79 Å². The van der Waals surface area contributed by atoms with Gasteiger partial charge in [-0.15, -0.1) is 0 Å². The zero-order chi connectivity index (χ0) is 12.7. The highest BCUT2D eigenvalue weighted by Gasteiger charge is 2.26. The van der Waals surface area contributed by atoms with Crippen molar-refractivity contribution in [3.05, 3.63) is 47.3 Å². The maximum Gasteiger partial charge on any atom is 0.358 e. The predicted molar refractivity (Wildman–Crippen MR) is 66.5 cm³/mol. The Morgan fingerprint density at radius 2 is 2.28 bits per heavy atom. The molecule has 0 spiro atoms. The van der Waals surface area contributed by atoms with Gasteiger partial charge in [-0.3, -0.25) is 4.68 Å². The number of nitrogen functional groups attached to an aromatic ring is 1. The van der Waals surface area contributed by atoms with Gasteiger partial charge in [0, 0.05) is 18.7 Å². The van der Waals surface area contributed by atoms with Gasteiger partial charge in [0.1, 0.15) is 0 Å². The second-order valence-corrected chi connectivity index (χ2v) is 4.56. The van der Waals surface area contributed by atoms with Crippen molar-refractivity contribution in [2.75, 3.05) is 5.73 Å². The molecular formula is C13H13N3O2. The first-order valence-electron chi connectivity index (χ1n) is 5.79. The minimum atomic E-state index is -1.08. The Kier molecular flexibility index (Phi) is 2.33. The molecule has 0 aliphatic heterocycles. The molecule has 1 aromatic heterocycles. The zero-order valence-corrected chi connectivity index (χ0v) is 9.71. The highest BCUT2D eigenvalue weighted by atomic mass is 16.4. The number of anilines is 1. The van der Waals surface area contributed by atoms with E-state index in [0.717, 1.165) is 6.42 Å². The summed E-state index contributed by atoms with van der Waals surface area (Å²) in [6.45, 7) is 0.675. The van der Waals surface area contributed by atoms with Gasteiger partial charge in [0.15, 0.2) is 5.69 Å². The van der Waals surface area contributed by atoms with Crippen LogP contribution in [0.4, 0.5) is 5.69 Å². The molecule has 1 atom stereocenters. The van der Waals surface area contributed by atoms with Crippen LogP contribution >= 0.6 is 0 Å². The van der Waals surface area contributed by atoms with Gasteiger partial charge >= 0.3 is 5.97 Å². The largest absolute Gasteiger partial charge is 0.476 e. The number of hydrogen-bond acceptors (Lipinski definition) is 3. The summed E-state index contributed by atoms with van der Waals surface area (Å²) in [5.74, 6) is -0.678. The van der Waals surface area contributed by atoms with Crippen LogP contribution in [-0.4, -0.2) is 20.9 Å². The monoisotopic (exact) mass is 243 g/mol. The molecule has 1 unspecified atom stereocenters. The number of aromatic carboxylic acids is 1. The molecule has 3 rings (SSSR count). The Hall–Kier alpha value is -2.30. The Labute approximate surface area is 104 Å². The van der Waals surface area contributed by atoms with Gasteiger partial charge in [-0.2, -0.15) is 5.10 Å². The van der Waals surface area contributed by atoms with E-state index in [2.05, 4.69) is 17.2 Å². The summed E-state index contributed by atoms with van der Waals surface area (Å²) >= 11 is 0. The van der Waals surface area contributed by atoms with E-state index in [1.165, 1.54) is 11.1 Å². The lowest BCUT2D eigenvalue weighted by molar-refractivity contribution is 0.0690. The van der Waals surface area contributed by atoms with Gasteiger partial charge in [-0.1, -0.05) is 24.3 Å². The predicted octanol–water partition coefficient (Wildman–Crippen LogP) is 1.50. The van der Waals surface area contributed by atoms with Gasteiger partial charge in [-0.05, 0) is 17.5 Å². The summed E-state index contributed by atoms with van der Waals surface area (Å²) in [5, 5.41) is 12.9. The van der Waals surface area contributed by atoms with Gasteiger partial charge in [0.2, 0.25) is 0 Å². The smallest absolute Gasteiger partial charge is 0.358 e. The van der Waals surface area contributed by atoms with Crippen LogP contribution in [0, 0.1) is 0 Å². The molecule has 92 valence electrons. The molecular weight excluding hydrogens is 230 g/mol. The van der Waals surface area contributed by atoms with Gasteiger partial charge in [0.25, 0.3) is 0 Å². The number of hydrogen-bond donors (Lipinski definition) is 2. The molecule has 3 N–H and O–H groups in total. The number of rotatable bonds is 3. The average molecular weight is 243 g/mol. The van der Waals surface area contributed by atoms with Gasteiger partial charge in [0.05, 0.1) is 5.69 Å². The van der Waals surface area contributed by atoms with Crippen molar-refractivity contribution >= 4 is 11.7 Å². The molecule has 1 aliphatic rings. The second-order valence-electron chi connectivity index (χ2n) is 4.56. The van der Waals surface area contributed by atoms with Crippen LogP contribution in [-0.2, 0) is 13.0 Å². The first-order valence-corrected chi connectivity index (χ1v) is 5.79. The van der Waals surface area contributed by atoms with Crippen molar-refractivity contribution < 1.29 is 9.90 Å². The molecule has 1 aliphatic carbocycles. The first-order chi connectivity index (χ1) is 8.65. The van der Waals surface area contributed by atoms with Crippen molar-refractivity contribution in [1.29, 1.82) is 0 Å². The van der Waals surface area contributed by atoms with Crippen molar-refractivity contribution in [3.8, 4) is 0 Å². The number of nitrogens with zero attached hydrogens (tertiary/aromatic N) is 2. The highest BCUT2D eigenvalue weighted by molar-refractivity contribution is 5.91. The maximum atomic E-state index is 10.8. The van der Waals surface area contributed by atoms with E-state index in [0.29, 0.717) is 12.5 Å². The fourth-order valence-electron chi connectivity index (χ4n) is 2.45. The normalized spacial score (nSPS) is 17.0. The number of aromatic nitrogens is 2. The molecule has 0 fully saturated rings.